The van der Waals surface area contributed by atoms with E-state index in [1.165, 1.54) is 12.1 Å². The smallest absolute Gasteiger partial charge is 0.242 e. The Hall–Kier alpha value is -0.780. The number of nitrogens with one attached hydrogen (secondary N) is 1. The van der Waals surface area contributed by atoms with Gasteiger partial charge >= 0.3 is 0 Å². The summed E-state index contributed by atoms with van der Waals surface area (Å²) in [6.07, 6.45) is 0. The number of nitrogens with two attached hydrogens (primary N) is 1. The molecule has 19 heavy (non-hydrogen) atoms. The summed E-state index contributed by atoms with van der Waals surface area (Å²) in [7, 11) is -3.65. The predicted octanol–water partition coefficient (Wildman–Crippen LogP) is 2.64. The number of hydrogen-bond acceptors (Lipinski definition) is 3. The molecule has 1 aromatic carbocycles. The number of rotatable bonds is 3. The number of benzene rings is 1. The van der Waals surface area contributed by atoms with Gasteiger partial charge in [0, 0.05) is 11.7 Å². The zero-order valence-electron chi connectivity index (χ0n) is 11.5. The lowest BCUT2D eigenvalue weighted by Gasteiger charge is -2.10. The van der Waals surface area contributed by atoms with Crippen LogP contribution in [0.1, 0.15) is 27.7 Å². The first-order chi connectivity index (χ1) is 8.50. The van der Waals surface area contributed by atoms with Crippen LogP contribution < -0.4 is 10.5 Å². The SMILES string of the molecule is CC1(C)C(NS(=O)(=O)c2cc(N)ccc2Cl)C1(C)C. The molecule has 2 rings (SSSR count). The quantitative estimate of drug-likeness (QED) is 0.843. The molecule has 0 radical (unpaired) electrons. The zero-order chi connectivity index (χ0) is 14.6. The van der Waals surface area contributed by atoms with Crippen molar-refractivity contribution >= 4 is 27.3 Å². The van der Waals surface area contributed by atoms with Crippen LogP contribution in [0.3, 0.4) is 0 Å². The Morgan fingerprint density at radius 1 is 1.21 bits per heavy atom. The fraction of sp³-hybridized carbons (Fsp3) is 0.538. The van der Waals surface area contributed by atoms with Crippen LogP contribution in [0.25, 0.3) is 0 Å². The standard InChI is InChI=1S/C13H19ClN2O2S/c1-12(2)11(13(12,3)4)16-19(17,18)10-7-8(15)5-6-9(10)14/h5-7,11,16H,15H2,1-4H3. The molecule has 106 valence electrons. The monoisotopic (exact) mass is 302 g/mol. The van der Waals surface area contributed by atoms with Gasteiger partial charge in [-0.05, 0) is 29.0 Å². The topological polar surface area (TPSA) is 72.2 Å². The number of nitrogen functional groups attached to an aromatic ring is 1. The largest absolute Gasteiger partial charge is 0.399 e. The molecule has 0 amide bonds. The Balaban J connectivity index is 2.33. The molecule has 0 unspecified atom stereocenters. The van der Waals surface area contributed by atoms with E-state index in [9.17, 15) is 8.42 Å². The molecule has 3 N–H and O–H groups in total. The average Bonchev–Trinajstić information content (AvgIpc) is 2.64. The van der Waals surface area contributed by atoms with Crippen molar-refractivity contribution in [2.24, 2.45) is 10.8 Å². The molecule has 1 fully saturated rings. The Bertz CT molecular complexity index is 610. The van der Waals surface area contributed by atoms with Crippen molar-refractivity contribution in [1.29, 1.82) is 0 Å². The van der Waals surface area contributed by atoms with Crippen LogP contribution in [0.5, 0.6) is 0 Å². The van der Waals surface area contributed by atoms with Crippen molar-refractivity contribution in [2.75, 3.05) is 5.73 Å². The summed E-state index contributed by atoms with van der Waals surface area (Å²) in [6.45, 7) is 8.17. The van der Waals surface area contributed by atoms with Crippen molar-refractivity contribution in [3.63, 3.8) is 0 Å². The van der Waals surface area contributed by atoms with Crippen LogP contribution in [0, 0.1) is 10.8 Å². The van der Waals surface area contributed by atoms with Gasteiger partial charge < -0.3 is 5.73 Å². The van der Waals surface area contributed by atoms with E-state index in [0.717, 1.165) is 0 Å². The van der Waals surface area contributed by atoms with Gasteiger partial charge in [-0.2, -0.15) is 0 Å². The van der Waals surface area contributed by atoms with Gasteiger partial charge in [-0.15, -0.1) is 0 Å². The molecule has 0 bridgehead atoms. The molecule has 1 aliphatic carbocycles. The second-order valence-electron chi connectivity index (χ2n) is 6.19. The van der Waals surface area contributed by atoms with Gasteiger partial charge in [-0.25, -0.2) is 13.1 Å². The Labute approximate surface area is 119 Å². The zero-order valence-corrected chi connectivity index (χ0v) is 13.1. The van der Waals surface area contributed by atoms with E-state index in [1.807, 2.05) is 27.7 Å². The molecule has 0 aliphatic heterocycles. The molecule has 1 aromatic rings. The summed E-state index contributed by atoms with van der Waals surface area (Å²) in [6, 6.07) is 4.34. The molecule has 0 saturated heterocycles. The summed E-state index contributed by atoms with van der Waals surface area (Å²) in [5.41, 5.74) is 5.85. The maximum atomic E-state index is 12.4. The van der Waals surface area contributed by atoms with Gasteiger partial charge in [-0.3, -0.25) is 0 Å². The molecule has 1 aliphatic rings. The first-order valence-corrected chi connectivity index (χ1v) is 7.93. The summed E-state index contributed by atoms with van der Waals surface area (Å²) in [5.74, 6) is 0. The lowest BCUT2D eigenvalue weighted by Crippen LogP contribution is -2.30. The predicted molar refractivity (Wildman–Crippen MR) is 77.5 cm³/mol. The summed E-state index contributed by atoms with van der Waals surface area (Å²) < 4.78 is 27.5. The summed E-state index contributed by atoms with van der Waals surface area (Å²) in [5, 5.41) is 0.179. The number of halogens is 1. The van der Waals surface area contributed by atoms with Gasteiger partial charge in [0.15, 0.2) is 0 Å². The molecule has 1 saturated carbocycles. The molecule has 0 heterocycles. The van der Waals surface area contributed by atoms with Crippen molar-refractivity contribution < 1.29 is 8.42 Å². The minimum absolute atomic E-state index is 0.0349. The normalized spacial score (nSPS) is 21.3. The molecule has 0 spiro atoms. The first kappa shape index (κ1) is 14.6. The number of sulfonamides is 1. The second-order valence-corrected chi connectivity index (χ2v) is 8.28. The van der Waals surface area contributed by atoms with E-state index in [1.54, 1.807) is 6.07 Å². The van der Waals surface area contributed by atoms with Crippen LogP contribution in [-0.4, -0.2) is 14.5 Å². The molecule has 4 nitrogen and oxygen atoms in total. The molecule has 6 heteroatoms. The van der Waals surface area contributed by atoms with Crippen molar-refractivity contribution in [2.45, 2.75) is 38.6 Å². The highest BCUT2D eigenvalue weighted by Gasteiger charge is 2.66. The van der Waals surface area contributed by atoms with Crippen LogP contribution in [0.4, 0.5) is 5.69 Å². The highest BCUT2D eigenvalue weighted by atomic mass is 35.5. The lowest BCUT2D eigenvalue weighted by atomic mass is 10.0. The van der Waals surface area contributed by atoms with E-state index in [2.05, 4.69) is 4.72 Å². The maximum absolute atomic E-state index is 12.4. The van der Waals surface area contributed by atoms with Gasteiger partial charge in [0.1, 0.15) is 4.90 Å². The number of hydrogen-bond donors (Lipinski definition) is 2. The summed E-state index contributed by atoms with van der Waals surface area (Å²) in [4.78, 5) is 0.0349. The first-order valence-electron chi connectivity index (χ1n) is 6.07. The highest BCUT2D eigenvalue weighted by molar-refractivity contribution is 7.89. The van der Waals surface area contributed by atoms with Crippen molar-refractivity contribution in [1.82, 2.24) is 4.72 Å². The van der Waals surface area contributed by atoms with Crippen LogP contribution >= 0.6 is 11.6 Å². The van der Waals surface area contributed by atoms with Gasteiger partial charge in [-0.1, -0.05) is 39.3 Å². The Kier molecular flexibility index (Phi) is 3.16. The van der Waals surface area contributed by atoms with Gasteiger partial charge in [0.25, 0.3) is 0 Å². The van der Waals surface area contributed by atoms with Crippen LogP contribution in [0.15, 0.2) is 23.1 Å². The Morgan fingerprint density at radius 2 is 1.74 bits per heavy atom. The van der Waals surface area contributed by atoms with Crippen LogP contribution in [0.2, 0.25) is 5.02 Å². The third kappa shape index (κ3) is 2.24. The Morgan fingerprint density at radius 3 is 2.21 bits per heavy atom. The van der Waals surface area contributed by atoms with Gasteiger partial charge in [0.05, 0.1) is 5.02 Å². The van der Waals surface area contributed by atoms with Crippen LogP contribution in [-0.2, 0) is 10.0 Å². The fourth-order valence-corrected chi connectivity index (χ4v) is 4.50. The van der Waals surface area contributed by atoms with E-state index in [-0.39, 0.29) is 26.8 Å². The van der Waals surface area contributed by atoms with E-state index in [0.29, 0.717) is 5.69 Å². The van der Waals surface area contributed by atoms with Crippen molar-refractivity contribution in [3.05, 3.63) is 23.2 Å². The van der Waals surface area contributed by atoms with Gasteiger partial charge in [0.2, 0.25) is 10.0 Å². The molecular weight excluding hydrogens is 284 g/mol. The van der Waals surface area contributed by atoms with E-state index >= 15 is 0 Å². The molecule has 0 atom stereocenters. The number of anilines is 1. The molecule has 0 aromatic heterocycles. The van der Waals surface area contributed by atoms with E-state index in [4.69, 9.17) is 17.3 Å². The third-order valence-electron chi connectivity index (χ3n) is 4.54. The molecular formula is C13H19ClN2O2S. The maximum Gasteiger partial charge on any atom is 0.242 e. The highest BCUT2D eigenvalue weighted by Crippen LogP contribution is 2.63. The fourth-order valence-electron chi connectivity index (χ4n) is 2.44. The minimum atomic E-state index is -3.65. The van der Waals surface area contributed by atoms with Crippen molar-refractivity contribution in [3.8, 4) is 0 Å². The third-order valence-corrected chi connectivity index (χ3v) is 6.44. The minimum Gasteiger partial charge on any atom is -0.399 e. The summed E-state index contributed by atoms with van der Waals surface area (Å²) >= 11 is 5.95. The second kappa shape index (κ2) is 4.11. The van der Waals surface area contributed by atoms with E-state index < -0.39 is 10.0 Å². The average molecular weight is 303 g/mol. The lowest BCUT2D eigenvalue weighted by molar-refractivity contribution is 0.457.